The van der Waals surface area contributed by atoms with Crippen LogP contribution in [0, 0.1) is 21.8 Å². The summed E-state index contributed by atoms with van der Waals surface area (Å²) in [6.45, 7) is 2.50. The van der Waals surface area contributed by atoms with Crippen LogP contribution in [-0.4, -0.2) is 24.6 Å². The summed E-state index contributed by atoms with van der Waals surface area (Å²) in [7, 11) is 0. The molecular formula is C11H13FN2O3. The van der Waals surface area contributed by atoms with Gasteiger partial charge < -0.3 is 10.1 Å². The molecule has 1 saturated heterocycles. The largest absolute Gasteiger partial charge is 0.493 e. The molecule has 1 aromatic carbocycles. The van der Waals surface area contributed by atoms with Gasteiger partial charge in [-0.15, -0.1) is 0 Å². The van der Waals surface area contributed by atoms with Gasteiger partial charge in [0, 0.05) is 12.1 Å². The zero-order valence-corrected chi connectivity index (χ0v) is 9.19. The summed E-state index contributed by atoms with van der Waals surface area (Å²) in [5, 5.41) is 13.5. The van der Waals surface area contributed by atoms with Crippen LogP contribution in [0.2, 0.25) is 0 Å². The minimum atomic E-state index is -0.863. The van der Waals surface area contributed by atoms with E-state index in [2.05, 4.69) is 5.32 Å². The number of nitro benzene ring substituents is 1. The third-order valence-electron chi connectivity index (χ3n) is 2.78. The lowest BCUT2D eigenvalue weighted by Gasteiger charge is -2.26. The van der Waals surface area contributed by atoms with Crippen molar-refractivity contribution in [2.24, 2.45) is 5.92 Å². The number of nitrogens with zero attached hydrogens (tertiary/aromatic N) is 1. The summed E-state index contributed by atoms with van der Waals surface area (Å²) in [6, 6.07) is 3.59. The van der Waals surface area contributed by atoms with Crippen molar-refractivity contribution in [2.45, 2.75) is 6.42 Å². The standard InChI is InChI=1S/C11H13FN2O3/c12-10-5-9(1-2-11(10)14(15)16)17-4-3-8-6-13-7-8/h1-2,5,8,13H,3-4,6-7H2. The summed E-state index contributed by atoms with van der Waals surface area (Å²) >= 11 is 0. The van der Waals surface area contributed by atoms with E-state index in [-0.39, 0.29) is 0 Å². The number of hydrogen-bond donors (Lipinski definition) is 1. The van der Waals surface area contributed by atoms with Gasteiger partial charge >= 0.3 is 5.69 Å². The highest BCUT2D eigenvalue weighted by molar-refractivity contribution is 5.37. The molecule has 0 unspecified atom stereocenters. The van der Waals surface area contributed by atoms with E-state index in [0.717, 1.165) is 31.6 Å². The van der Waals surface area contributed by atoms with Crippen LogP contribution >= 0.6 is 0 Å². The number of nitro groups is 1. The second-order valence-electron chi connectivity index (χ2n) is 4.03. The van der Waals surface area contributed by atoms with Crippen molar-refractivity contribution in [2.75, 3.05) is 19.7 Å². The lowest BCUT2D eigenvalue weighted by molar-refractivity contribution is -0.387. The van der Waals surface area contributed by atoms with E-state index in [1.165, 1.54) is 6.07 Å². The molecular weight excluding hydrogens is 227 g/mol. The van der Waals surface area contributed by atoms with Crippen LogP contribution in [0.1, 0.15) is 6.42 Å². The van der Waals surface area contributed by atoms with Crippen LogP contribution in [0.25, 0.3) is 0 Å². The molecule has 0 atom stereocenters. The fraction of sp³-hybridized carbons (Fsp3) is 0.455. The van der Waals surface area contributed by atoms with E-state index >= 15 is 0 Å². The Morgan fingerprint density at radius 3 is 2.82 bits per heavy atom. The SMILES string of the molecule is O=[N+]([O-])c1ccc(OCCC2CNC2)cc1F. The zero-order chi connectivity index (χ0) is 12.3. The second-order valence-corrected chi connectivity index (χ2v) is 4.03. The number of benzene rings is 1. The van der Waals surface area contributed by atoms with Gasteiger partial charge in [0.15, 0.2) is 0 Å². The third-order valence-corrected chi connectivity index (χ3v) is 2.78. The first kappa shape index (κ1) is 11.8. The smallest absolute Gasteiger partial charge is 0.305 e. The quantitative estimate of drug-likeness (QED) is 0.628. The number of halogens is 1. The molecule has 1 aliphatic rings. The first-order valence-corrected chi connectivity index (χ1v) is 5.44. The van der Waals surface area contributed by atoms with E-state index in [4.69, 9.17) is 4.74 Å². The van der Waals surface area contributed by atoms with Gasteiger partial charge in [-0.25, -0.2) is 0 Å². The van der Waals surface area contributed by atoms with E-state index in [9.17, 15) is 14.5 Å². The lowest BCUT2D eigenvalue weighted by atomic mass is 10.0. The molecule has 1 N–H and O–H groups in total. The van der Waals surface area contributed by atoms with Crippen molar-refractivity contribution in [3.05, 3.63) is 34.1 Å². The highest BCUT2D eigenvalue weighted by Crippen LogP contribution is 2.22. The molecule has 1 fully saturated rings. The van der Waals surface area contributed by atoms with Crippen LogP contribution in [-0.2, 0) is 0 Å². The van der Waals surface area contributed by atoms with Crippen molar-refractivity contribution in [3.63, 3.8) is 0 Å². The van der Waals surface area contributed by atoms with E-state index in [0.29, 0.717) is 18.3 Å². The molecule has 1 heterocycles. The summed E-state index contributed by atoms with van der Waals surface area (Å²) < 4.78 is 18.6. The Kier molecular flexibility index (Phi) is 3.53. The number of ether oxygens (including phenoxy) is 1. The minimum Gasteiger partial charge on any atom is -0.493 e. The average molecular weight is 240 g/mol. The molecule has 17 heavy (non-hydrogen) atoms. The van der Waals surface area contributed by atoms with Gasteiger partial charge in [-0.05, 0) is 31.5 Å². The summed E-state index contributed by atoms with van der Waals surface area (Å²) in [5.41, 5.74) is -0.527. The topological polar surface area (TPSA) is 64.4 Å². The Bertz CT molecular complexity index is 421. The molecule has 1 aliphatic heterocycles. The molecule has 6 heteroatoms. The minimum absolute atomic E-state index is 0.334. The molecule has 5 nitrogen and oxygen atoms in total. The van der Waals surface area contributed by atoms with E-state index in [1.807, 2.05) is 0 Å². The van der Waals surface area contributed by atoms with Crippen molar-refractivity contribution in [1.82, 2.24) is 5.32 Å². The Morgan fingerprint density at radius 1 is 1.53 bits per heavy atom. The molecule has 2 rings (SSSR count). The second kappa shape index (κ2) is 5.09. The fourth-order valence-corrected chi connectivity index (χ4v) is 1.62. The lowest BCUT2D eigenvalue weighted by Crippen LogP contribution is -2.42. The average Bonchev–Trinajstić information content (AvgIpc) is 2.21. The van der Waals surface area contributed by atoms with Crippen LogP contribution in [0.15, 0.2) is 18.2 Å². The molecule has 0 amide bonds. The van der Waals surface area contributed by atoms with Crippen LogP contribution in [0.3, 0.4) is 0 Å². The van der Waals surface area contributed by atoms with Gasteiger partial charge in [0.25, 0.3) is 0 Å². The van der Waals surface area contributed by atoms with Crippen molar-refractivity contribution >= 4 is 5.69 Å². The zero-order valence-electron chi connectivity index (χ0n) is 9.19. The predicted octanol–water partition coefficient (Wildman–Crippen LogP) is 1.72. The highest BCUT2D eigenvalue weighted by atomic mass is 19.1. The maximum absolute atomic E-state index is 13.2. The van der Waals surface area contributed by atoms with E-state index < -0.39 is 16.4 Å². The number of rotatable bonds is 5. The summed E-state index contributed by atoms with van der Waals surface area (Å²) in [4.78, 5) is 9.65. The molecule has 0 radical (unpaired) electrons. The maximum atomic E-state index is 13.2. The molecule has 0 bridgehead atoms. The first-order chi connectivity index (χ1) is 8.16. The first-order valence-electron chi connectivity index (χ1n) is 5.44. The Hall–Kier alpha value is -1.69. The molecule has 0 aromatic heterocycles. The van der Waals surface area contributed by atoms with Crippen LogP contribution in [0.5, 0.6) is 5.75 Å². The van der Waals surface area contributed by atoms with Gasteiger partial charge in [-0.3, -0.25) is 10.1 Å². The fourth-order valence-electron chi connectivity index (χ4n) is 1.62. The normalized spacial score (nSPS) is 15.4. The number of hydrogen-bond acceptors (Lipinski definition) is 4. The van der Waals surface area contributed by atoms with Gasteiger partial charge in [0.05, 0.1) is 11.5 Å². The van der Waals surface area contributed by atoms with Gasteiger partial charge in [0.2, 0.25) is 5.82 Å². The molecule has 0 spiro atoms. The molecule has 0 saturated carbocycles. The predicted molar refractivity (Wildman–Crippen MR) is 59.5 cm³/mol. The van der Waals surface area contributed by atoms with Crippen molar-refractivity contribution in [1.29, 1.82) is 0 Å². The molecule has 0 aliphatic carbocycles. The van der Waals surface area contributed by atoms with Gasteiger partial charge in [-0.1, -0.05) is 0 Å². The van der Waals surface area contributed by atoms with Crippen LogP contribution < -0.4 is 10.1 Å². The summed E-state index contributed by atoms with van der Waals surface area (Å²) in [6.07, 6.45) is 0.908. The van der Waals surface area contributed by atoms with Gasteiger partial charge in [0.1, 0.15) is 5.75 Å². The molecule has 1 aromatic rings. The monoisotopic (exact) mass is 240 g/mol. The van der Waals surface area contributed by atoms with E-state index in [1.54, 1.807) is 0 Å². The van der Waals surface area contributed by atoms with Crippen molar-refractivity contribution in [3.8, 4) is 5.75 Å². The Balaban J connectivity index is 1.88. The Labute approximate surface area is 97.7 Å². The van der Waals surface area contributed by atoms with Crippen molar-refractivity contribution < 1.29 is 14.1 Å². The molecule has 92 valence electrons. The third kappa shape index (κ3) is 2.91. The maximum Gasteiger partial charge on any atom is 0.305 e. The summed E-state index contributed by atoms with van der Waals surface area (Å²) in [5.74, 6) is 0.0936. The Morgan fingerprint density at radius 2 is 2.29 bits per heavy atom. The van der Waals surface area contributed by atoms with Crippen LogP contribution in [0.4, 0.5) is 10.1 Å². The van der Waals surface area contributed by atoms with Gasteiger partial charge in [-0.2, -0.15) is 4.39 Å². The highest BCUT2D eigenvalue weighted by Gasteiger charge is 2.17. The number of nitrogens with one attached hydrogen (secondary N) is 1.